The van der Waals surface area contributed by atoms with Gasteiger partial charge in [0.1, 0.15) is 5.82 Å². The van der Waals surface area contributed by atoms with Crippen LogP contribution in [0.2, 0.25) is 0 Å². The summed E-state index contributed by atoms with van der Waals surface area (Å²) in [5, 5.41) is 1.92. The highest BCUT2D eigenvalue weighted by Crippen LogP contribution is 2.23. The lowest BCUT2D eigenvalue weighted by Gasteiger charge is -2.04. The lowest BCUT2D eigenvalue weighted by molar-refractivity contribution is 0.0996. The van der Waals surface area contributed by atoms with Gasteiger partial charge in [0.15, 0.2) is 5.78 Å². The molecule has 1 nitrogen and oxygen atoms in total. The van der Waals surface area contributed by atoms with Crippen molar-refractivity contribution in [3.8, 4) is 0 Å². The molecule has 0 aliphatic carbocycles. The zero-order chi connectivity index (χ0) is 13.1. The lowest BCUT2D eigenvalue weighted by atomic mass is 10.1. The van der Waals surface area contributed by atoms with Gasteiger partial charge in [0.25, 0.3) is 0 Å². The van der Waals surface area contributed by atoms with E-state index in [9.17, 15) is 9.18 Å². The quantitative estimate of drug-likeness (QED) is 0.748. The number of aryl methyl sites for hydroxylation is 1. The SMILES string of the molecule is CCc1ccsc1C(=O)Cc1cc(F)ccc1Br. The molecule has 0 unspecified atom stereocenters. The summed E-state index contributed by atoms with van der Waals surface area (Å²) in [5.41, 5.74) is 1.76. The summed E-state index contributed by atoms with van der Waals surface area (Å²) >= 11 is 4.80. The summed E-state index contributed by atoms with van der Waals surface area (Å²) in [6.45, 7) is 2.02. The van der Waals surface area contributed by atoms with Crippen LogP contribution in [-0.4, -0.2) is 5.78 Å². The van der Waals surface area contributed by atoms with Crippen molar-refractivity contribution < 1.29 is 9.18 Å². The molecule has 2 rings (SSSR count). The van der Waals surface area contributed by atoms with Crippen LogP contribution in [0.15, 0.2) is 34.1 Å². The molecule has 1 heterocycles. The van der Waals surface area contributed by atoms with Crippen molar-refractivity contribution in [3.63, 3.8) is 0 Å². The Bertz CT molecular complexity index is 577. The average Bonchev–Trinajstić information content (AvgIpc) is 2.82. The molecule has 2 aromatic rings. The third-order valence-electron chi connectivity index (χ3n) is 2.74. The Morgan fingerprint density at radius 2 is 2.11 bits per heavy atom. The van der Waals surface area contributed by atoms with Gasteiger partial charge in [-0.2, -0.15) is 0 Å². The second-order valence-corrected chi connectivity index (χ2v) is 5.73. The lowest BCUT2D eigenvalue weighted by Crippen LogP contribution is -2.04. The van der Waals surface area contributed by atoms with Crippen LogP contribution in [0.5, 0.6) is 0 Å². The zero-order valence-electron chi connectivity index (χ0n) is 9.87. The van der Waals surface area contributed by atoms with Gasteiger partial charge in [-0.25, -0.2) is 4.39 Å². The fourth-order valence-corrected chi connectivity index (χ4v) is 3.11. The molecule has 0 aliphatic rings. The van der Waals surface area contributed by atoms with Crippen molar-refractivity contribution in [2.24, 2.45) is 0 Å². The molecule has 18 heavy (non-hydrogen) atoms. The van der Waals surface area contributed by atoms with Gasteiger partial charge in [0, 0.05) is 10.9 Å². The number of rotatable bonds is 4. The Kier molecular flexibility index (Phi) is 4.30. The van der Waals surface area contributed by atoms with Crippen LogP contribution < -0.4 is 0 Å². The molecule has 0 radical (unpaired) electrons. The van der Waals surface area contributed by atoms with E-state index < -0.39 is 0 Å². The van der Waals surface area contributed by atoms with Gasteiger partial charge >= 0.3 is 0 Å². The second-order valence-electron chi connectivity index (χ2n) is 3.96. The van der Waals surface area contributed by atoms with E-state index in [-0.39, 0.29) is 18.0 Å². The number of thiophene rings is 1. The van der Waals surface area contributed by atoms with E-state index in [2.05, 4.69) is 15.9 Å². The van der Waals surface area contributed by atoms with Crippen molar-refractivity contribution in [1.29, 1.82) is 0 Å². The first-order chi connectivity index (χ1) is 8.61. The maximum Gasteiger partial charge on any atom is 0.177 e. The molecule has 0 amide bonds. The topological polar surface area (TPSA) is 17.1 Å². The predicted octanol–water partition coefficient (Wildman–Crippen LogP) is 4.64. The molecule has 0 aliphatic heterocycles. The first-order valence-electron chi connectivity index (χ1n) is 5.65. The van der Waals surface area contributed by atoms with Gasteiger partial charge in [0.05, 0.1) is 4.88 Å². The minimum absolute atomic E-state index is 0.0492. The van der Waals surface area contributed by atoms with Crippen molar-refractivity contribution in [2.45, 2.75) is 19.8 Å². The molecule has 0 N–H and O–H groups in total. The minimum Gasteiger partial charge on any atom is -0.293 e. The molecule has 0 bridgehead atoms. The number of hydrogen-bond donors (Lipinski definition) is 0. The molecule has 0 saturated carbocycles. The summed E-state index contributed by atoms with van der Waals surface area (Å²) in [6.07, 6.45) is 1.07. The van der Waals surface area contributed by atoms with Crippen LogP contribution in [0.4, 0.5) is 4.39 Å². The maximum absolute atomic E-state index is 13.2. The Hall–Kier alpha value is -1.00. The standard InChI is InChI=1S/C14H12BrFOS/c1-2-9-5-6-18-14(9)13(17)8-10-7-11(16)3-4-12(10)15/h3-7H,2,8H2,1H3. The van der Waals surface area contributed by atoms with Gasteiger partial charge in [0.2, 0.25) is 0 Å². The summed E-state index contributed by atoms with van der Waals surface area (Å²) in [5.74, 6) is -0.268. The number of benzene rings is 1. The second kappa shape index (κ2) is 5.76. The predicted molar refractivity (Wildman–Crippen MR) is 75.8 cm³/mol. The van der Waals surface area contributed by atoms with E-state index in [0.717, 1.165) is 21.3 Å². The highest BCUT2D eigenvalue weighted by atomic mass is 79.9. The number of halogens is 2. The number of hydrogen-bond acceptors (Lipinski definition) is 2. The molecule has 0 fully saturated rings. The third kappa shape index (κ3) is 2.87. The highest BCUT2D eigenvalue weighted by molar-refractivity contribution is 9.10. The van der Waals surface area contributed by atoms with Gasteiger partial charge in [-0.3, -0.25) is 4.79 Å². The zero-order valence-corrected chi connectivity index (χ0v) is 12.3. The molecule has 1 aromatic heterocycles. The van der Waals surface area contributed by atoms with Crippen LogP contribution in [-0.2, 0) is 12.8 Å². The molecule has 0 atom stereocenters. The van der Waals surface area contributed by atoms with E-state index in [1.165, 1.54) is 23.5 Å². The summed E-state index contributed by atoms with van der Waals surface area (Å²) < 4.78 is 13.9. The Labute approximate surface area is 118 Å². The van der Waals surface area contributed by atoms with Crippen LogP contribution in [0.1, 0.15) is 27.7 Å². The first kappa shape index (κ1) is 13.4. The smallest absolute Gasteiger partial charge is 0.177 e. The van der Waals surface area contributed by atoms with Crippen molar-refractivity contribution in [2.75, 3.05) is 0 Å². The number of carbonyl (C=O) groups excluding carboxylic acids is 1. The summed E-state index contributed by atoms with van der Waals surface area (Å²) in [6, 6.07) is 6.38. The van der Waals surface area contributed by atoms with Crippen LogP contribution in [0, 0.1) is 5.82 Å². The van der Waals surface area contributed by atoms with Crippen molar-refractivity contribution >= 4 is 33.0 Å². The van der Waals surface area contributed by atoms with Gasteiger partial charge in [-0.15, -0.1) is 11.3 Å². The Balaban J connectivity index is 2.24. The molecule has 1 aromatic carbocycles. The van der Waals surface area contributed by atoms with E-state index in [1.807, 2.05) is 18.4 Å². The van der Waals surface area contributed by atoms with Crippen LogP contribution in [0.3, 0.4) is 0 Å². The van der Waals surface area contributed by atoms with Gasteiger partial charge < -0.3 is 0 Å². The van der Waals surface area contributed by atoms with Crippen LogP contribution in [0.25, 0.3) is 0 Å². The monoisotopic (exact) mass is 326 g/mol. The Morgan fingerprint density at radius 3 is 2.83 bits per heavy atom. The summed E-state index contributed by atoms with van der Waals surface area (Å²) in [4.78, 5) is 13.0. The minimum atomic E-state index is -0.317. The fourth-order valence-electron chi connectivity index (χ4n) is 1.79. The van der Waals surface area contributed by atoms with E-state index in [0.29, 0.717) is 5.56 Å². The molecule has 4 heteroatoms. The van der Waals surface area contributed by atoms with Crippen molar-refractivity contribution in [1.82, 2.24) is 0 Å². The molecule has 0 saturated heterocycles. The normalized spacial score (nSPS) is 10.6. The van der Waals surface area contributed by atoms with Crippen LogP contribution >= 0.6 is 27.3 Å². The van der Waals surface area contributed by atoms with E-state index in [4.69, 9.17) is 0 Å². The first-order valence-corrected chi connectivity index (χ1v) is 7.32. The molecule has 0 spiro atoms. The van der Waals surface area contributed by atoms with E-state index in [1.54, 1.807) is 6.07 Å². The van der Waals surface area contributed by atoms with Gasteiger partial charge in [-0.05, 0) is 47.2 Å². The number of Topliss-reactive ketones (excluding diaryl/α,β-unsaturated/α-hetero) is 1. The molecule has 94 valence electrons. The highest BCUT2D eigenvalue weighted by Gasteiger charge is 2.14. The average molecular weight is 327 g/mol. The number of carbonyl (C=O) groups is 1. The number of ketones is 1. The Morgan fingerprint density at radius 1 is 1.33 bits per heavy atom. The third-order valence-corrected chi connectivity index (χ3v) is 4.51. The molecular weight excluding hydrogens is 315 g/mol. The molecular formula is C14H12BrFOS. The maximum atomic E-state index is 13.2. The summed E-state index contributed by atoms with van der Waals surface area (Å²) in [7, 11) is 0. The van der Waals surface area contributed by atoms with Crippen molar-refractivity contribution in [3.05, 3.63) is 55.9 Å². The van der Waals surface area contributed by atoms with Gasteiger partial charge in [-0.1, -0.05) is 22.9 Å². The largest absolute Gasteiger partial charge is 0.293 e. The fraction of sp³-hybridized carbons (Fsp3) is 0.214. The van der Waals surface area contributed by atoms with E-state index >= 15 is 0 Å².